The second kappa shape index (κ2) is 9.86. The van der Waals surface area contributed by atoms with Crippen molar-refractivity contribution in [3.8, 4) is 0 Å². The van der Waals surface area contributed by atoms with E-state index in [1.54, 1.807) is 13.0 Å². The van der Waals surface area contributed by atoms with Crippen molar-refractivity contribution < 1.29 is 27.6 Å². The highest BCUT2D eigenvalue weighted by Gasteiger charge is 2.38. The smallest absolute Gasteiger partial charge is 0.290 e. The molecular weight excluding hydrogens is 444 g/mol. The fourth-order valence-electron chi connectivity index (χ4n) is 4.02. The Morgan fingerprint density at radius 2 is 1.74 bits per heavy atom. The maximum Gasteiger partial charge on any atom is 0.290 e. The zero-order valence-electron chi connectivity index (χ0n) is 18.5. The number of halogens is 2. The number of hydrogen-bond acceptors (Lipinski definition) is 4. The largest absolute Gasteiger partial charge is 0.459 e. The van der Waals surface area contributed by atoms with Crippen molar-refractivity contribution in [2.75, 3.05) is 18.4 Å². The van der Waals surface area contributed by atoms with E-state index in [0.717, 1.165) is 23.3 Å². The van der Waals surface area contributed by atoms with Gasteiger partial charge in [-0.05, 0) is 42.3 Å². The summed E-state index contributed by atoms with van der Waals surface area (Å²) in [7, 11) is 0. The normalized spacial score (nSPS) is 14.9. The Morgan fingerprint density at radius 1 is 1.03 bits per heavy atom. The molecule has 3 amide bonds. The zero-order chi connectivity index (χ0) is 24.2. The molecule has 2 aromatic carbocycles. The van der Waals surface area contributed by atoms with Crippen LogP contribution in [0, 0.1) is 11.6 Å². The number of anilines is 1. The van der Waals surface area contributed by atoms with Crippen molar-refractivity contribution in [2.45, 2.75) is 25.9 Å². The first-order chi connectivity index (χ1) is 16.4. The molecule has 1 aliphatic heterocycles. The number of hydrogen-bond donors (Lipinski definition) is 1. The molecule has 1 atom stereocenters. The van der Waals surface area contributed by atoms with Crippen LogP contribution in [0.3, 0.4) is 0 Å². The lowest BCUT2D eigenvalue weighted by Crippen LogP contribution is -2.54. The van der Waals surface area contributed by atoms with E-state index in [9.17, 15) is 23.2 Å². The Morgan fingerprint density at radius 3 is 2.38 bits per heavy atom. The van der Waals surface area contributed by atoms with Gasteiger partial charge in [0.15, 0.2) is 5.76 Å². The van der Waals surface area contributed by atoms with Gasteiger partial charge in [0.2, 0.25) is 11.8 Å². The summed E-state index contributed by atoms with van der Waals surface area (Å²) in [6.45, 7) is 1.62. The summed E-state index contributed by atoms with van der Waals surface area (Å²) in [5, 5.41) is 2.19. The minimum Gasteiger partial charge on any atom is -0.459 e. The van der Waals surface area contributed by atoms with Gasteiger partial charge in [-0.1, -0.05) is 30.3 Å². The third kappa shape index (κ3) is 4.68. The number of carbonyl (C=O) groups excluding carboxylic acids is 3. The summed E-state index contributed by atoms with van der Waals surface area (Å²) in [6, 6.07) is 13.0. The molecule has 9 heteroatoms. The van der Waals surface area contributed by atoms with Crippen molar-refractivity contribution in [1.82, 2.24) is 9.80 Å². The van der Waals surface area contributed by atoms with Gasteiger partial charge in [-0.2, -0.15) is 0 Å². The van der Waals surface area contributed by atoms with Gasteiger partial charge in [-0.15, -0.1) is 0 Å². The molecule has 34 heavy (non-hydrogen) atoms. The molecule has 2 heterocycles. The van der Waals surface area contributed by atoms with Gasteiger partial charge in [0.1, 0.15) is 23.4 Å². The number of amides is 3. The van der Waals surface area contributed by atoms with Gasteiger partial charge in [0, 0.05) is 19.5 Å². The summed E-state index contributed by atoms with van der Waals surface area (Å²) >= 11 is 0. The van der Waals surface area contributed by atoms with E-state index in [-0.39, 0.29) is 25.3 Å². The second-order valence-electron chi connectivity index (χ2n) is 7.90. The number of carbonyl (C=O) groups is 3. The molecule has 0 spiro atoms. The standard InChI is InChI=1S/C25H23F2N3O4/c1-2-29(15-22(31)28-23-18(26)9-5-10-19(23)27)24(32)20-13-16-7-3-4-8-17(16)14-30(20)25(33)21-11-6-12-34-21/h3-12,20H,2,13-15H2,1H3,(H,28,31). The lowest BCUT2D eigenvalue weighted by atomic mass is 9.93. The Hall–Kier alpha value is -4.01. The number of nitrogens with one attached hydrogen (secondary N) is 1. The fraction of sp³-hybridized carbons (Fsp3) is 0.240. The van der Waals surface area contributed by atoms with Gasteiger partial charge in [-0.25, -0.2) is 8.78 Å². The summed E-state index contributed by atoms with van der Waals surface area (Å²) in [5.74, 6) is -3.36. The maximum atomic E-state index is 13.9. The number of fused-ring (bicyclic) bond motifs is 1. The van der Waals surface area contributed by atoms with Crippen LogP contribution >= 0.6 is 0 Å². The average molecular weight is 467 g/mol. The van der Waals surface area contributed by atoms with Crippen molar-refractivity contribution in [3.05, 3.63) is 89.4 Å². The lowest BCUT2D eigenvalue weighted by molar-refractivity contribution is -0.139. The zero-order valence-corrected chi connectivity index (χ0v) is 18.5. The van der Waals surface area contributed by atoms with Crippen LogP contribution in [0.5, 0.6) is 0 Å². The maximum absolute atomic E-state index is 13.9. The lowest BCUT2D eigenvalue weighted by Gasteiger charge is -2.38. The Kier molecular flexibility index (Phi) is 6.72. The molecule has 0 saturated carbocycles. The quantitative estimate of drug-likeness (QED) is 0.601. The molecule has 176 valence electrons. The van der Waals surface area contributed by atoms with Crippen LogP contribution in [0.25, 0.3) is 0 Å². The van der Waals surface area contributed by atoms with Crippen molar-refractivity contribution in [2.24, 2.45) is 0 Å². The molecule has 0 bridgehead atoms. The van der Waals surface area contributed by atoms with E-state index in [1.165, 1.54) is 28.2 Å². The number of benzene rings is 2. The molecular formula is C25H23F2N3O4. The SMILES string of the molecule is CCN(CC(=O)Nc1c(F)cccc1F)C(=O)C1Cc2ccccc2CN1C(=O)c1ccco1. The van der Waals surface area contributed by atoms with Gasteiger partial charge >= 0.3 is 0 Å². The molecule has 1 aromatic heterocycles. The third-order valence-corrected chi connectivity index (χ3v) is 5.78. The minimum absolute atomic E-state index is 0.105. The first kappa shape index (κ1) is 23.2. The van der Waals surface area contributed by atoms with E-state index in [1.807, 2.05) is 24.3 Å². The number of para-hydroxylation sites is 1. The Labute approximate surface area is 195 Å². The highest BCUT2D eigenvalue weighted by atomic mass is 19.1. The average Bonchev–Trinajstić information content (AvgIpc) is 3.38. The first-order valence-electron chi connectivity index (χ1n) is 10.8. The molecule has 0 fully saturated rings. The summed E-state index contributed by atoms with van der Waals surface area (Å²) in [5.41, 5.74) is 1.28. The van der Waals surface area contributed by atoms with Gasteiger partial charge < -0.3 is 19.5 Å². The van der Waals surface area contributed by atoms with Crippen LogP contribution in [-0.2, 0) is 22.6 Å². The molecule has 0 aliphatic carbocycles. The number of rotatable bonds is 6. The molecule has 4 rings (SSSR count). The van der Waals surface area contributed by atoms with E-state index in [2.05, 4.69) is 5.32 Å². The van der Waals surface area contributed by atoms with Crippen LogP contribution in [0.2, 0.25) is 0 Å². The number of likely N-dealkylation sites (N-methyl/N-ethyl adjacent to an activating group) is 1. The van der Waals surface area contributed by atoms with Crippen LogP contribution in [-0.4, -0.2) is 46.7 Å². The molecule has 1 N–H and O–H groups in total. The number of nitrogens with zero attached hydrogens (tertiary/aromatic N) is 2. The minimum atomic E-state index is -0.915. The predicted octanol–water partition coefficient (Wildman–Crippen LogP) is 3.61. The fourth-order valence-corrected chi connectivity index (χ4v) is 4.02. The van der Waals surface area contributed by atoms with Gasteiger partial charge in [0.25, 0.3) is 5.91 Å². The van der Waals surface area contributed by atoms with Gasteiger partial charge in [-0.3, -0.25) is 14.4 Å². The monoisotopic (exact) mass is 467 g/mol. The first-order valence-corrected chi connectivity index (χ1v) is 10.8. The van der Waals surface area contributed by atoms with Crippen molar-refractivity contribution in [1.29, 1.82) is 0 Å². The summed E-state index contributed by atoms with van der Waals surface area (Å²) in [4.78, 5) is 41.9. The summed E-state index contributed by atoms with van der Waals surface area (Å²) < 4.78 is 33.1. The molecule has 3 aromatic rings. The molecule has 0 radical (unpaired) electrons. The number of furan rings is 1. The molecule has 0 saturated heterocycles. The van der Waals surface area contributed by atoms with Gasteiger partial charge in [0.05, 0.1) is 12.8 Å². The molecule has 1 aliphatic rings. The van der Waals surface area contributed by atoms with Crippen LogP contribution < -0.4 is 5.32 Å². The highest BCUT2D eigenvalue weighted by Crippen LogP contribution is 2.26. The summed E-state index contributed by atoms with van der Waals surface area (Å²) in [6.07, 6.45) is 1.65. The van der Waals surface area contributed by atoms with Crippen LogP contribution in [0.15, 0.2) is 65.3 Å². The highest BCUT2D eigenvalue weighted by molar-refractivity contribution is 5.98. The molecule has 1 unspecified atom stereocenters. The Bertz CT molecular complexity index is 1190. The van der Waals surface area contributed by atoms with E-state index >= 15 is 0 Å². The van der Waals surface area contributed by atoms with E-state index < -0.39 is 47.6 Å². The van der Waals surface area contributed by atoms with E-state index in [4.69, 9.17) is 4.42 Å². The van der Waals surface area contributed by atoms with Crippen molar-refractivity contribution >= 4 is 23.4 Å². The van der Waals surface area contributed by atoms with E-state index in [0.29, 0.717) is 0 Å². The second-order valence-corrected chi connectivity index (χ2v) is 7.90. The predicted molar refractivity (Wildman–Crippen MR) is 120 cm³/mol. The third-order valence-electron chi connectivity index (χ3n) is 5.78. The molecule has 7 nitrogen and oxygen atoms in total. The van der Waals surface area contributed by atoms with Crippen LogP contribution in [0.1, 0.15) is 28.6 Å². The van der Waals surface area contributed by atoms with Crippen LogP contribution in [0.4, 0.5) is 14.5 Å². The Balaban J connectivity index is 1.56. The van der Waals surface area contributed by atoms with Crippen molar-refractivity contribution in [3.63, 3.8) is 0 Å². The topological polar surface area (TPSA) is 82.9 Å².